The van der Waals surface area contributed by atoms with Crippen molar-refractivity contribution >= 4 is 17.1 Å². The van der Waals surface area contributed by atoms with Gasteiger partial charge in [0.1, 0.15) is 0 Å². The molecule has 0 bridgehead atoms. The van der Waals surface area contributed by atoms with Crippen molar-refractivity contribution in [2.24, 2.45) is 0 Å². The minimum absolute atomic E-state index is 0.0465. The number of nitrogen functional groups attached to an aromatic ring is 1. The number of H-pyrrole nitrogens is 1. The summed E-state index contributed by atoms with van der Waals surface area (Å²) in [6.07, 6.45) is 1.61. The Labute approximate surface area is 90.9 Å². The number of nitrogens with zero attached hydrogens (tertiary/aromatic N) is 3. The standard InChI is InChI=1S/C9H13N5O2/c1-2-5(15)3-14-4-11-6-7(14)12-9(10)13-8(6)16/h4-5,15H,2-3H2,1H3,(H3,10,12,13,16). The van der Waals surface area contributed by atoms with Crippen LogP contribution >= 0.6 is 0 Å². The van der Waals surface area contributed by atoms with Crippen molar-refractivity contribution in [1.29, 1.82) is 0 Å². The van der Waals surface area contributed by atoms with Gasteiger partial charge in [0.2, 0.25) is 5.95 Å². The first-order valence-electron chi connectivity index (χ1n) is 5.00. The number of nitrogens with one attached hydrogen (secondary N) is 1. The van der Waals surface area contributed by atoms with Crippen LogP contribution in [0, 0.1) is 0 Å². The number of aliphatic hydroxyl groups is 1. The minimum atomic E-state index is -0.486. The molecule has 2 aromatic heterocycles. The van der Waals surface area contributed by atoms with E-state index in [2.05, 4.69) is 15.0 Å². The fourth-order valence-electron chi connectivity index (χ4n) is 1.46. The van der Waals surface area contributed by atoms with E-state index in [4.69, 9.17) is 5.73 Å². The van der Waals surface area contributed by atoms with E-state index in [0.29, 0.717) is 18.6 Å². The second-order valence-corrected chi connectivity index (χ2v) is 3.58. The highest BCUT2D eigenvalue weighted by atomic mass is 16.3. The summed E-state index contributed by atoms with van der Waals surface area (Å²) in [5.74, 6) is 0.0465. The van der Waals surface area contributed by atoms with Gasteiger partial charge in [-0.15, -0.1) is 0 Å². The third-order valence-electron chi connectivity index (χ3n) is 2.37. The van der Waals surface area contributed by atoms with Gasteiger partial charge in [0.15, 0.2) is 11.2 Å². The van der Waals surface area contributed by atoms with Gasteiger partial charge in [-0.1, -0.05) is 6.92 Å². The number of aromatic nitrogens is 4. The van der Waals surface area contributed by atoms with Gasteiger partial charge >= 0.3 is 0 Å². The predicted molar refractivity (Wildman–Crippen MR) is 58.9 cm³/mol. The Morgan fingerprint density at radius 3 is 3.12 bits per heavy atom. The highest BCUT2D eigenvalue weighted by Gasteiger charge is 2.11. The first kappa shape index (κ1) is 10.6. The molecule has 0 aliphatic heterocycles. The molecule has 86 valence electrons. The molecule has 0 fully saturated rings. The normalized spacial score (nSPS) is 13.1. The maximum absolute atomic E-state index is 11.5. The number of aliphatic hydroxyl groups excluding tert-OH is 1. The molecule has 0 spiro atoms. The molecule has 1 unspecified atom stereocenters. The summed E-state index contributed by atoms with van der Waals surface area (Å²) in [6, 6.07) is 0. The Kier molecular flexibility index (Phi) is 2.61. The van der Waals surface area contributed by atoms with Gasteiger partial charge in [-0.25, -0.2) is 4.98 Å². The average molecular weight is 223 g/mol. The Hall–Kier alpha value is -1.89. The van der Waals surface area contributed by atoms with Crippen LogP contribution < -0.4 is 11.3 Å². The van der Waals surface area contributed by atoms with Crippen molar-refractivity contribution < 1.29 is 5.11 Å². The molecule has 0 aliphatic rings. The largest absolute Gasteiger partial charge is 0.391 e. The maximum atomic E-state index is 11.5. The topological polar surface area (TPSA) is 110 Å². The number of rotatable bonds is 3. The lowest BCUT2D eigenvalue weighted by molar-refractivity contribution is 0.151. The van der Waals surface area contributed by atoms with E-state index < -0.39 is 6.10 Å². The monoisotopic (exact) mass is 223 g/mol. The van der Waals surface area contributed by atoms with Crippen LogP contribution in [-0.2, 0) is 6.54 Å². The van der Waals surface area contributed by atoms with Crippen LogP contribution in [0.1, 0.15) is 13.3 Å². The molecule has 2 aromatic rings. The highest BCUT2D eigenvalue weighted by molar-refractivity contribution is 5.70. The Morgan fingerprint density at radius 2 is 2.44 bits per heavy atom. The van der Waals surface area contributed by atoms with Gasteiger partial charge in [0.25, 0.3) is 5.56 Å². The molecule has 2 rings (SSSR count). The molecule has 0 radical (unpaired) electrons. The fraction of sp³-hybridized carbons (Fsp3) is 0.444. The van der Waals surface area contributed by atoms with Crippen LogP contribution in [0.25, 0.3) is 11.2 Å². The number of nitrogens with two attached hydrogens (primary N) is 1. The Balaban J connectivity index is 2.51. The van der Waals surface area contributed by atoms with E-state index in [0.717, 1.165) is 0 Å². The Morgan fingerprint density at radius 1 is 1.69 bits per heavy atom. The summed E-state index contributed by atoms with van der Waals surface area (Å²) >= 11 is 0. The highest BCUT2D eigenvalue weighted by Crippen LogP contribution is 2.07. The number of aromatic amines is 1. The zero-order valence-corrected chi connectivity index (χ0v) is 8.84. The minimum Gasteiger partial charge on any atom is -0.391 e. The second kappa shape index (κ2) is 3.93. The summed E-state index contributed by atoms with van der Waals surface area (Å²) < 4.78 is 1.62. The number of anilines is 1. The summed E-state index contributed by atoms with van der Waals surface area (Å²) in [5, 5.41) is 9.53. The number of hydrogen-bond donors (Lipinski definition) is 3. The van der Waals surface area contributed by atoms with Crippen molar-refractivity contribution in [2.45, 2.75) is 26.0 Å². The number of imidazole rings is 1. The van der Waals surface area contributed by atoms with Gasteiger partial charge in [-0.3, -0.25) is 9.78 Å². The molecule has 7 heteroatoms. The molecule has 16 heavy (non-hydrogen) atoms. The maximum Gasteiger partial charge on any atom is 0.280 e. The van der Waals surface area contributed by atoms with Crippen LogP contribution in [0.5, 0.6) is 0 Å². The van der Waals surface area contributed by atoms with Gasteiger partial charge in [0, 0.05) is 0 Å². The van der Waals surface area contributed by atoms with Crippen molar-refractivity contribution in [2.75, 3.05) is 5.73 Å². The molecule has 0 saturated heterocycles. The van der Waals surface area contributed by atoms with E-state index in [1.54, 1.807) is 4.57 Å². The van der Waals surface area contributed by atoms with Gasteiger partial charge < -0.3 is 15.4 Å². The number of fused-ring (bicyclic) bond motifs is 1. The first-order chi connectivity index (χ1) is 7.61. The molecule has 0 saturated carbocycles. The summed E-state index contributed by atoms with van der Waals surface area (Å²) in [7, 11) is 0. The molecule has 0 aromatic carbocycles. The van der Waals surface area contributed by atoms with E-state index >= 15 is 0 Å². The van der Waals surface area contributed by atoms with Crippen molar-refractivity contribution in [1.82, 2.24) is 19.5 Å². The lowest BCUT2D eigenvalue weighted by Gasteiger charge is -2.08. The van der Waals surface area contributed by atoms with Gasteiger partial charge in [-0.2, -0.15) is 4.98 Å². The molecule has 7 nitrogen and oxygen atoms in total. The van der Waals surface area contributed by atoms with E-state index in [1.807, 2.05) is 6.92 Å². The smallest absolute Gasteiger partial charge is 0.280 e. The van der Waals surface area contributed by atoms with Crippen LogP contribution in [0.4, 0.5) is 5.95 Å². The molecular weight excluding hydrogens is 210 g/mol. The van der Waals surface area contributed by atoms with Crippen LogP contribution in [0.15, 0.2) is 11.1 Å². The molecule has 0 amide bonds. The van der Waals surface area contributed by atoms with Crippen molar-refractivity contribution in [3.8, 4) is 0 Å². The second-order valence-electron chi connectivity index (χ2n) is 3.58. The molecule has 2 heterocycles. The Bertz CT molecular complexity index is 559. The van der Waals surface area contributed by atoms with Crippen molar-refractivity contribution in [3.05, 3.63) is 16.7 Å². The summed E-state index contributed by atoms with van der Waals surface area (Å²) in [6.45, 7) is 2.22. The zero-order valence-electron chi connectivity index (χ0n) is 8.84. The van der Waals surface area contributed by atoms with Crippen molar-refractivity contribution in [3.63, 3.8) is 0 Å². The van der Waals surface area contributed by atoms with Crippen LogP contribution in [0.3, 0.4) is 0 Å². The molecule has 0 aliphatic carbocycles. The fourth-order valence-corrected chi connectivity index (χ4v) is 1.46. The zero-order chi connectivity index (χ0) is 11.7. The van der Waals surface area contributed by atoms with Crippen LogP contribution in [0.2, 0.25) is 0 Å². The molecule has 1 atom stereocenters. The molecule has 4 N–H and O–H groups in total. The number of hydrogen-bond acceptors (Lipinski definition) is 5. The summed E-state index contributed by atoms with van der Waals surface area (Å²) in [4.78, 5) is 21.8. The predicted octanol–water partition coefficient (Wildman–Crippen LogP) is -0.527. The summed E-state index contributed by atoms with van der Waals surface area (Å²) in [5.41, 5.74) is 5.71. The SMILES string of the molecule is CCC(O)Cn1cnc2c(=O)[nH]c(N)nc21. The third kappa shape index (κ3) is 1.76. The quantitative estimate of drug-likeness (QED) is 0.648. The first-order valence-corrected chi connectivity index (χ1v) is 5.00. The lowest BCUT2D eigenvalue weighted by atomic mass is 10.3. The average Bonchev–Trinajstić information content (AvgIpc) is 2.61. The van der Waals surface area contributed by atoms with E-state index in [-0.39, 0.29) is 17.0 Å². The lowest BCUT2D eigenvalue weighted by Crippen LogP contribution is -2.16. The van der Waals surface area contributed by atoms with Gasteiger partial charge in [0.05, 0.1) is 19.0 Å². The third-order valence-corrected chi connectivity index (χ3v) is 2.37. The van der Waals surface area contributed by atoms with Crippen LogP contribution in [-0.4, -0.2) is 30.7 Å². The van der Waals surface area contributed by atoms with E-state index in [1.165, 1.54) is 6.33 Å². The van der Waals surface area contributed by atoms with E-state index in [9.17, 15) is 9.90 Å². The van der Waals surface area contributed by atoms with Gasteiger partial charge in [-0.05, 0) is 6.42 Å². The molecular formula is C9H13N5O2.